The quantitative estimate of drug-likeness (QED) is 0.149. The Morgan fingerprint density at radius 3 is 1.16 bits per heavy atom. The molecule has 0 spiro atoms. The number of halogens is 1. The van der Waals surface area contributed by atoms with Crippen molar-refractivity contribution in [2.75, 3.05) is 6.61 Å². The van der Waals surface area contributed by atoms with Crippen molar-refractivity contribution in [3.05, 3.63) is 59.7 Å². The van der Waals surface area contributed by atoms with Gasteiger partial charge in [-0.25, -0.2) is 39.1 Å². The average Bonchev–Trinajstić information content (AvgIpc) is 3.05. The van der Waals surface area contributed by atoms with Gasteiger partial charge < -0.3 is 26.0 Å². The van der Waals surface area contributed by atoms with Gasteiger partial charge in [-0.15, -0.1) is 10.2 Å². The molecule has 8 bridgehead atoms. The van der Waals surface area contributed by atoms with Crippen LogP contribution in [0.1, 0.15) is 95.1 Å². The van der Waals surface area contributed by atoms with E-state index >= 15 is 0 Å². The molecule has 2 aromatic carbocycles. The molecular weight excluding hydrogens is 776 g/mol. The van der Waals surface area contributed by atoms with E-state index in [1.807, 2.05) is 0 Å². The molecule has 15 nitrogen and oxygen atoms in total. The van der Waals surface area contributed by atoms with E-state index < -0.39 is 10.2 Å². The van der Waals surface area contributed by atoms with Crippen LogP contribution in [0.2, 0.25) is 0 Å². The minimum Gasteiger partial charge on any atom is -0.872 e. The molecule has 55 heavy (non-hydrogen) atoms. The van der Waals surface area contributed by atoms with Crippen LogP contribution in [0.4, 0.5) is 9.59 Å². The maximum atomic E-state index is 12.2. The van der Waals surface area contributed by atoms with E-state index in [1.54, 1.807) is 43.3 Å². The van der Waals surface area contributed by atoms with Crippen molar-refractivity contribution in [3.63, 3.8) is 0 Å². The van der Waals surface area contributed by atoms with Crippen LogP contribution in [0.5, 0.6) is 11.5 Å². The summed E-state index contributed by atoms with van der Waals surface area (Å²) < 4.78 is 34.0. The van der Waals surface area contributed by atoms with Gasteiger partial charge in [-0.2, -0.15) is 10.2 Å². The third-order valence-corrected chi connectivity index (χ3v) is 11.4. The number of carbonyl (C=O) groups excluding carboxylic acids is 2. The molecule has 4 amide bonds. The predicted molar refractivity (Wildman–Crippen MR) is 185 cm³/mol. The molecule has 0 aromatic heterocycles. The molecule has 5 N–H and O–H groups in total. The first-order valence-electron chi connectivity index (χ1n) is 18.6. The number of aliphatic hydroxyl groups excluding tert-OH is 1. The molecule has 8 aliphatic carbocycles. The number of nitrogens with one attached hydrogen (secondary N) is 4. The van der Waals surface area contributed by atoms with Gasteiger partial charge in [-0.05, 0) is 131 Å². The van der Waals surface area contributed by atoms with Gasteiger partial charge in [0.05, 0.1) is 12.4 Å². The Kier molecular flexibility index (Phi) is 15.8. The zero-order chi connectivity index (χ0) is 38.9. The van der Waals surface area contributed by atoms with E-state index in [2.05, 4.69) is 31.7 Å². The largest absolute Gasteiger partial charge is 3.00 e. The van der Waals surface area contributed by atoms with Crippen LogP contribution in [-0.2, 0) is 17.1 Å². The fourth-order valence-corrected chi connectivity index (χ4v) is 10.6. The first kappa shape index (κ1) is 44.2. The van der Waals surface area contributed by atoms with Crippen LogP contribution in [0.25, 0.3) is 0 Å². The molecule has 10 rings (SSSR count). The van der Waals surface area contributed by atoms with Gasteiger partial charge in [0.25, 0.3) is 0 Å². The van der Waals surface area contributed by atoms with Gasteiger partial charge in [0, 0.05) is 17.7 Å². The third-order valence-electron chi connectivity index (χ3n) is 11.4. The summed E-state index contributed by atoms with van der Waals surface area (Å²) in [5.74, 6) is 4.54. The standard InChI is InChI=1S/2C18H23N3O2.C2H6O.ClHO4.Fe/c2*22-16-4-2-1-3-15(16)11-19-21-17(23)20-18-8-12-5-13(9-18)7-14(6-12)10-18;1-2-3;2-1(3,4)5;/h2*1-4,11-14,22H,5-10H2,(H2,20,21,23);3H,2H2,1H3;(H,2,3,4,5);/q;;;;+3/p-3/b2*19-11+;;;. The van der Waals surface area contributed by atoms with Gasteiger partial charge >= 0.3 is 29.1 Å². The Balaban J connectivity index is 0.000000202. The zero-order valence-electron chi connectivity index (χ0n) is 30.8. The van der Waals surface area contributed by atoms with Crippen LogP contribution in [0.3, 0.4) is 0 Å². The summed E-state index contributed by atoms with van der Waals surface area (Å²) in [6.45, 7) is 1.93. The summed E-state index contributed by atoms with van der Waals surface area (Å²) >= 11 is 0. The molecule has 301 valence electrons. The number of hydrogen-bond donors (Lipinski definition) is 5. The summed E-state index contributed by atoms with van der Waals surface area (Å²) in [6, 6.07) is 12.7. The monoisotopic (exact) mass is 825 g/mol. The third kappa shape index (κ3) is 13.3. The maximum absolute atomic E-state index is 12.2. The maximum Gasteiger partial charge on any atom is 3.00 e. The summed E-state index contributed by atoms with van der Waals surface area (Å²) in [4.78, 5) is 24.4. The number of rotatable bonds is 6. The van der Waals surface area contributed by atoms with Crippen molar-refractivity contribution >= 4 is 24.5 Å². The van der Waals surface area contributed by atoms with Crippen LogP contribution >= 0.6 is 0 Å². The van der Waals surface area contributed by atoms with Crippen LogP contribution in [-0.4, -0.2) is 47.3 Å². The Labute approximate surface area is 334 Å². The molecule has 0 heterocycles. The topological polar surface area (TPSA) is 266 Å². The van der Waals surface area contributed by atoms with Gasteiger partial charge in [0.1, 0.15) is 0 Å². The Hall–Kier alpha value is -3.47. The van der Waals surface area contributed by atoms with Gasteiger partial charge in [-0.3, -0.25) is 0 Å². The van der Waals surface area contributed by atoms with Crippen LogP contribution < -0.4 is 50.3 Å². The van der Waals surface area contributed by atoms with Crippen molar-refractivity contribution in [1.82, 2.24) is 21.5 Å². The van der Waals surface area contributed by atoms with Crippen LogP contribution in [0, 0.1) is 45.8 Å². The fourth-order valence-electron chi connectivity index (χ4n) is 10.6. The van der Waals surface area contributed by atoms with Gasteiger partial charge in [-0.1, -0.05) is 60.0 Å². The minimum atomic E-state index is -4.94. The number of urea groups is 2. The Morgan fingerprint density at radius 2 is 0.909 bits per heavy atom. The summed E-state index contributed by atoms with van der Waals surface area (Å²) in [5.41, 5.74) is 5.93. The zero-order valence-corrected chi connectivity index (χ0v) is 32.6. The molecule has 8 saturated carbocycles. The van der Waals surface area contributed by atoms with Gasteiger partial charge in [0.15, 0.2) is 0 Å². The van der Waals surface area contributed by atoms with Crippen molar-refractivity contribution in [3.8, 4) is 11.5 Å². The number of hydrogen-bond acceptors (Lipinski definition) is 11. The normalized spacial score (nSPS) is 30.4. The molecule has 2 aromatic rings. The molecular formula is C38H50ClFeN6O9. The molecule has 0 saturated heterocycles. The van der Waals surface area contributed by atoms with E-state index in [1.165, 1.54) is 63.1 Å². The van der Waals surface area contributed by atoms with Crippen LogP contribution in [0.15, 0.2) is 58.7 Å². The van der Waals surface area contributed by atoms with Crippen molar-refractivity contribution in [1.29, 1.82) is 0 Å². The minimum absolute atomic E-state index is 0. The second kappa shape index (κ2) is 19.6. The number of hydrazone groups is 2. The van der Waals surface area contributed by atoms with E-state index in [-0.39, 0.29) is 58.3 Å². The molecule has 17 heteroatoms. The first-order valence-corrected chi connectivity index (χ1v) is 19.9. The molecule has 1 radical (unpaired) electrons. The first-order chi connectivity index (χ1) is 25.6. The summed E-state index contributed by atoms with van der Waals surface area (Å²) in [5, 5.41) is 44.9. The number of carbonyl (C=O) groups is 2. The van der Waals surface area contributed by atoms with E-state index in [9.17, 15) is 19.8 Å². The Morgan fingerprint density at radius 1 is 0.655 bits per heavy atom. The summed E-state index contributed by atoms with van der Waals surface area (Å²) in [6.07, 6.45) is 17.6. The van der Waals surface area contributed by atoms with Crippen molar-refractivity contribution in [2.24, 2.45) is 45.7 Å². The smallest absolute Gasteiger partial charge is 0.872 e. The number of para-hydroxylation sites is 2. The molecule has 0 atom stereocenters. The SMILES string of the molecule is CCO.O=C(N/N=C/c1ccccc1[O-])NC12CC3CC(CC(C3)C1)C2.O=C(N/N=C/c1ccccc1[O-])NC12CC3CC(CC(C3)C1)C2.[Fe+3].[O-][Cl+3]([O-])([O-])[O-]. The average molecular weight is 826 g/mol. The molecule has 8 fully saturated rings. The fraction of sp³-hybridized carbons (Fsp3) is 0.579. The van der Waals surface area contributed by atoms with Crippen molar-refractivity contribution < 1.29 is 70.9 Å². The van der Waals surface area contributed by atoms with Crippen molar-refractivity contribution in [2.45, 2.75) is 95.1 Å². The number of benzene rings is 2. The van der Waals surface area contributed by atoms with E-state index in [0.717, 1.165) is 74.0 Å². The number of amides is 4. The summed E-state index contributed by atoms with van der Waals surface area (Å²) in [7, 11) is -4.94. The Bertz CT molecular complexity index is 1450. The second-order valence-electron chi connectivity index (χ2n) is 15.8. The number of aliphatic hydroxyl groups is 1. The molecule has 8 aliphatic rings. The molecule has 0 unspecified atom stereocenters. The number of nitrogens with zero attached hydrogens (tertiary/aromatic N) is 2. The predicted octanol–water partition coefficient (Wildman–Crippen LogP) is -0.0357. The van der Waals surface area contributed by atoms with E-state index in [0.29, 0.717) is 11.1 Å². The second-order valence-corrected chi connectivity index (χ2v) is 16.6. The van der Waals surface area contributed by atoms with Gasteiger partial charge in [0.2, 0.25) is 0 Å². The van der Waals surface area contributed by atoms with E-state index in [4.69, 9.17) is 23.7 Å². The molecule has 0 aliphatic heterocycles.